The van der Waals surface area contributed by atoms with Gasteiger partial charge in [-0.1, -0.05) is 24.3 Å². The minimum atomic E-state index is -1.32. The molecule has 1 fully saturated rings. The summed E-state index contributed by atoms with van der Waals surface area (Å²) in [5.74, 6) is -2.72. The largest absolute Gasteiger partial charge is 0.545 e. The zero-order valence-corrected chi connectivity index (χ0v) is 11.3. The van der Waals surface area contributed by atoms with Gasteiger partial charge in [-0.3, -0.25) is 19.4 Å². The molecule has 0 spiro atoms. The van der Waals surface area contributed by atoms with Crippen LogP contribution in [0.1, 0.15) is 15.9 Å². The Labute approximate surface area is 120 Å². The molecule has 4 amide bonds. The zero-order chi connectivity index (χ0) is 15.7. The van der Waals surface area contributed by atoms with Crippen LogP contribution >= 0.6 is 0 Å². The molecule has 21 heavy (non-hydrogen) atoms. The van der Waals surface area contributed by atoms with E-state index in [0.29, 0.717) is 5.56 Å². The number of hydrogen-bond donors (Lipinski definition) is 0. The third-order valence-corrected chi connectivity index (χ3v) is 3.10. The number of aromatic carboxylic acids is 1. The monoisotopic (exact) mass is 287 g/mol. The molecule has 0 atom stereocenters. The van der Waals surface area contributed by atoms with Gasteiger partial charge in [0, 0.05) is 14.1 Å². The lowest BCUT2D eigenvalue weighted by Gasteiger charge is -2.28. The highest BCUT2D eigenvalue weighted by atomic mass is 16.4. The van der Waals surface area contributed by atoms with E-state index >= 15 is 0 Å². The Morgan fingerprint density at radius 3 is 1.90 bits per heavy atom. The van der Waals surface area contributed by atoms with Gasteiger partial charge in [0.05, 0.1) is 5.97 Å². The van der Waals surface area contributed by atoms with Crippen LogP contribution in [0.3, 0.4) is 0 Å². The van der Waals surface area contributed by atoms with Gasteiger partial charge in [0.2, 0.25) is 0 Å². The molecule has 1 aromatic carbocycles. The van der Waals surface area contributed by atoms with Crippen molar-refractivity contribution in [1.82, 2.24) is 9.80 Å². The number of carbonyl (C=O) groups excluding carboxylic acids is 4. The number of urea groups is 1. The number of nitrogens with zero attached hydrogens (tertiary/aromatic N) is 2. The number of barbiturate groups is 1. The van der Waals surface area contributed by atoms with E-state index in [1.807, 2.05) is 0 Å². The standard InChI is InChI=1S/C14H12N2O5/c1-15-11(17)10(12(18)16(2)14(15)21)7-8-3-5-9(6-4-8)13(19)20/h3-7H,1-2H3,(H,19,20)/p-1. The average Bonchev–Trinajstić information content (AvgIpc) is 2.48. The molecule has 0 radical (unpaired) electrons. The number of likely N-dealkylation sites (N-methyl/N-ethyl adjacent to an activating group) is 2. The predicted octanol–water partition coefficient (Wildman–Crippen LogP) is -0.516. The topological polar surface area (TPSA) is 97.8 Å². The summed E-state index contributed by atoms with van der Waals surface area (Å²) in [5.41, 5.74) is 0.288. The van der Waals surface area contributed by atoms with E-state index in [-0.39, 0.29) is 11.1 Å². The van der Waals surface area contributed by atoms with E-state index in [4.69, 9.17) is 0 Å². The molecule has 0 aromatic heterocycles. The van der Waals surface area contributed by atoms with Gasteiger partial charge in [-0.15, -0.1) is 0 Å². The second-order valence-electron chi connectivity index (χ2n) is 4.48. The zero-order valence-electron chi connectivity index (χ0n) is 11.3. The Morgan fingerprint density at radius 2 is 1.48 bits per heavy atom. The van der Waals surface area contributed by atoms with Gasteiger partial charge in [0.15, 0.2) is 0 Å². The minimum Gasteiger partial charge on any atom is -0.545 e. The fraction of sp³-hybridized carbons (Fsp3) is 0.143. The van der Waals surface area contributed by atoms with Crippen molar-refractivity contribution in [3.05, 3.63) is 41.0 Å². The van der Waals surface area contributed by atoms with Crippen LogP contribution in [-0.2, 0) is 9.59 Å². The maximum absolute atomic E-state index is 12.0. The second kappa shape index (κ2) is 5.20. The maximum Gasteiger partial charge on any atom is 0.333 e. The molecule has 0 unspecified atom stereocenters. The average molecular weight is 287 g/mol. The number of hydrogen-bond acceptors (Lipinski definition) is 5. The van der Waals surface area contributed by atoms with Crippen LogP contribution in [0, 0.1) is 0 Å². The normalized spacial score (nSPS) is 15.5. The van der Waals surface area contributed by atoms with Crippen molar-refractivity contribution in [2.24, 2.45) is 0 Å². The number of carboxylic acids is 1. The van der Waals surface area contributed by atoms with E-state index in [2.05, 4.69) is 0 Å². The molecular weight excluding hydrogens is 276 g/mol. The molecule has 1 aliphatic rings. The molecule has 1 aromatic rings. The molecule has 0 aliphatic carbocycles. The third-order valence-electron chi connectivity index (χ3n) is 3.10. The Morgan fingerprint density at radius 1 is 1.00 bits per heavy atom. The molecule has 7 heteroatoms. The van der Waals surface area contributed by atoms with Crippen molar-refractivity contribution < 1.29 is 24.3 Å². The van der Waals surface area contributed by atoms with Gasteiger partial charge in [-0.2, -0.15) is 0 Å². The van der Waals surface area contributed by atoms with Crippen molar-refractivity contribution in [1.29, 1.82) is 0 Å². The van der Waals surface area contributed by atoms with Gasteiger partial charge < -0.3 is 9.90 Å². The second-order valence-corrected chi connectivity index (χ2v) is 4.48. The first-order valence-corrected chi connectivity index (χ1v) is 5.96. The summed E-state index contributed by atoms with van der Waals surface area (Å²) in [6.07, 6.45) is 1.31. The van der Waals surface area contributed by atoms with E-state index in [9.17, 15) is 24.3 Å². The van der Waals surface area contributed by atoms with Crippen LogP contribution in [-0.4, -0.2) is 47.7 Å². The smallest absolute Gasteiger partial charge is 0.333 e. The highest BCUT2D eigenvalue weighted by molar-refractivity contribution is 6.30. The lowest BCUT2D eigenvalue weighted by atomic mass is 10.1. The Kier molecular flexibility index (Phi) is 3.58. The fourth-order valence-electron chi connectivity index (χ4n) is 1.86. The van der Waals surface area contributed by atoms with Crippen LogP contribution in [0.15, 0.2) is 29.8 Å². The highest BCUT2D eigenvalue weighted by Gasteiger charge is 2.37. The minimum absolute atomic E-state index is 0.0112. The Balaban J connectivity index is 2.39. The molecule has 0 saturated carbocycles. The van der Waals surface area contributed by atoms with Gasteiger partial charge >= 0.3 is 6.03 Å². The molecule has 1 aliphatic heterocycles. The lowest BCUT2D eigenvalue weighted by molar-refractivity contribution is -0.255. The first-order valence-electron chi connectivity index (χ1n) is 5.96. The Bertz CT molecular complexity index is 649. The quantitative estimate of drug-likeness (QED) is 0.538. The number of benzene rings is 1. The van der Waals surface area contributed by atoms with Crippen molar-refractivity contribution in [2.75, 3.05) is 14.1 Å². The summed E-state index contributed by atoms with van der Waals surface area (Å²) in [6.45, 7) is 0. The van der Waals surface area contributed by atoms with E-state index < -0.39 is 23.8 Å². The van der Waals surface area contributed by atoms with Gasteiger partial charge in [0.1, 0.15) is 5.57 Å². The maximum atomic E-state index is 12.0. The van der Waals surface area contributed by atoms with E-state index in [0.717, 1.165) is 9.80 Å². The summed E-state index contributed by atoms with van der Waals surface area (Å²) < 4.78 is 0. The van der Waals surface area contributed by atoms with Crippen LogP contribution in [0.4, 0.5) is 4.79 Å². The molecule has 0 bridgehead atoms. The summed E-state index contributed by atoms with van der Waals surface area (Å²) in [7, 11) is 2.56. The van der Waals surface area contributed by atoms with E-state index in [1.165, 1.54) is 44.4 Å². The van der Waals surface area contributed by atoms with Crippen molar-refractivity contribution in [2.45, 2.75) is 0 Å². The van der Waals surface area contributed by atoms with Crippen LogP contribution in [0.25, 0.3) is 6.08 Å². The first kappa shape index (κ1) is 14.4. The SMILES string of the molecule is CN1C(=O)C(=Cc2ccc(C(=O)[O-])cc2)C(=O)N(C)C1=O. The highest BCUT2D eigenvalue weighted by Crippen LogP contribution is 2.18. The molecular formula is C14H11N2O5-. The van der Waals surface area contributed by atoms with E-state index in [1.54, 1.807) is 0 Å². The molecule has 108 valence electrons. The number of rotatable bonds is 2. The number of imide groups is 2. The third kappa shape index (κ3) is 2.53. The fourth-order valence-corrected chi connectivity index (χ4v) is 1.86. The molecule has 7 nitrogen and oxygen atoms in total. The molecule has 1 heterocycles. The van der Waals surface area contributed by atoms with Crippen molar-refractivity contribution in [3.8, 4) is 0 Å². The number of carboxylic acid groups (broad SMARTS) is 1. The van der Waals surface area contributed by atoms with Crippen molar-refractivity contribution >= 4 is 29.9 Å². The molecule has 0 N–H and O–H groups in total. The van der Waals surface area contributed by atoms with Crippen LogP contribution in [0.5, 0.6) is 0 Å². The predicted molar refractivity (Wildman–Crippen MR) is 69.7 cm³/mol. The summed E-state index contributed by atoms with van der Waals surface area (Å²) >= 11 is 0. The molecule has 1 saturated heterocycles. The van der Waals surface area contributed by atoms with Gasteiger partial charge in [-0.25, -0.2) is 4.79 Å². The summed E-state index contributed by atoms with van der Waals surface area (Å²) in [6, 6.07) is 4.79. The lowest BCUT2D eigenvalue weighted by Crippen LogP contribution is -2.52. The van der Waals surface area contributed by atoms with Gasteiger partial charge in [0.25, 0.3) is 11.8 Å². The number of carbonyl (C=O) groups is 4. The van der Waals surface area contributed by atoms with Crippen LogP contribution < -0.4 is 5.11 Å². The van der Waals surface area contributed by atoms with Crippen molar-refractivity contribution in [3.63, 3.8) is 0 Å². The summed E-state index contributed by atoms with van der Waals surface area (Å²) in [4.78, 5) is 47.8. The van der Waals surface area contributed by atoms with Gasteiger partial charge in [-0.05, 0) is 17.2 Å². The summed E-state index contributed by atoms with van der Waals surface area (Å²) in [5, 5.41) is 10.6. The molecule has 2 rings (SSSR count). The number of amides is 4. The first-order chi connectivity index (χ1) is 9.82. The van der Waals surface area contributed by atoms with Crippen LogP contribution in [0.2, 0.25) is 0 Å². The Hall–Kier alpha value is -2.96.